The average Bonchev–Trinajstić information content (AvgIpc) is 2.97. The topological polar surface area (TPSA) is 84.7 Å². The van der Waals surface area contributed by atoms with E-state index in [1.807, 2.05) is 32.0 Å². The number of amides is 2. The van der Waals surface area contributed by atoms with Gasteiger partial charge in [-0.25, -0.2) is 0 Å². The summed E-state index contributed by atoms with van der Waals surface area (Å²) in [6, 6.07) is 7.25. The van der Waals surface area contributed by atoms with Crippen molar-refractivity contribution in [3.63, 3.8) is 0 Å². The number of para-hydroxylation sites is 2. The summed E-state index contributed by atoms with van der Waals surface area (Å²) in [5, 5.41) is 6.73. The molecule has 0 bridgehead atoms. The molecule has 2 amide bonds. The lowest BCUT2D eigenvalue weighted by molar-refractivity contribution is -0.128. The molecular formula is C19H23N3O4. The molecule has 0 fully saturated rings. The molecule has 1 aliphatic heterocycles. The number of nitrogens with zero attached hydrogens (tertiary/aromatic N) is 2. The van der Waals surface area contributed by atoms with Gasteiger partial charge in [0.2, 0.25) is 5.91 Å². The van der Waals surface area contributed by atoms with Crippen LogP contribution in [0.15, 0.2) is 28.8 Å². The van der Waals surface area contributed by atoms with Crippen LogP contribution in [0.2, 0.25) is 0 Å². The normalized spacial score (nSPS) is 16.0. The van der Waals surface area contributed by atoms with Crippen LogP contribution in [0.4, 0.5) is 5.69 Å². The number of hydrogen-bond acceptors (Lipinski definition) is 5. The van der Waals surface area contributed by atoms with Crippen LogP contribution in [0.3, 0.4) is 0 Å². The molecular weight excluding hydrogens is 334 g/mol. The minimum Gasteiger partial charge on any atom is -0.477 e. The Bertz CT molecular complexity index is 795. The monoisotopic (exact) mass is 357 g/mol. The van der Waals surface area contributed by atoms with Gasteiger partial charge in [0.15, 0.2) is 6.10 Å². The van der Waals surface area contributed by atoms with Gasteiger partial charge in [-0.3, -0.25) is 9.59 Å². The molecule has 1 aliphatic rings. The zero-order valence-electron chi connectivity index (χ0n) is 15.2. The molecule has 1 atom stereocenters. The van der Waals surface area contributed by atoms with E-state index in [0.717, 1.165) is 12.0 Å². The van der Waals surface area contributed by atoms with Gasteiger partial charge in [-0.2, -0.15) is 0 Å². The van der Waals surface area contributed by atoms with Crippen molar-refractivity contribution in [2.75, 3.05) is 18.0 Å². The van der Waals surface area contributed by atoms with E-state index in [9.17, 15) is 9.59 Å². The van der Waals surface area contributed by atoms with E-state index in [2.05, 4.69) is 10.5 Å². The van der Waals surface area contributed by atoms with E-state index in [1.165, 1.54) is 0 Å². The molecule has 7 heteroatoms. The third-order valence-electron chi connectivity index (χ3n) is 4.43. The summed E-state index contributed by atoms with van der Waals surface area (Å²) in [5.74, 6) is 0.831. The van der Waals surface area contributed by atoms with E-state index >= 15 is 0 Å². The summed E-state index contributed by atoms with van der Waals surface area (Å²) in [4.78, 5) is 27.0. The first-order valence-electron chi connectivity index (χ1n) is 8.76. The SMILES string of the molecule is CCCNC(=O)[C@@H]1CN(C(=O)Cc2c(C)noc2C)c2ccccc2O1. The fourth-order valence-electron chi connectivity index (χ4n) is 2.97. The van der Waals surface area contributed by atoms with Crippen molar-refractivity contribution >= 4 is 17.5 Å². The van der Waals surface area contributed by atoms with E-state index < -0.39 is 6.10 Å². The highest BCUT2D eigenvalue weighted by Crippen LogP contribution is 2.33. The van der Waals surface area contributed by atoms with Gasteiger partial charge in [-0.05, 0) is 32.4 Å². The number of hydrogen-bond donors (Lipinski definition) is 1. The molecule has 0 unspecified atom stereocenters. The summed E-state index contributed by atoms with van der Waals surface area (Å²) >= 11 is 0. The molecule has 0 saturated carbocycles. The number of nitrogens with one attached hydrogen (secondary N) is 1. The fourth-order valence-corrected chi connectivity index (χ4v) is 2.97. The van der Waals surface area contributed by atoms with Crippen LogP contribution in [-0.2, 0) is 16.0 Å². The summed E-state index contributed by atoms with van der Waals surface area (Å²) in [7, 11) is 0. The molecule has 26 heavy (non-hydrogen) atoms. The number of aryl methyl sites for hydroxylation is 2. The molecule has 0 saturated heterocycles. The van der Waals surface area contributed by atoms with Crippen molar-refractivity contribution < 1.29 is 18.8 Å². The summed E-state index contributed by atoms with van der Waals surface area (Å²) in [5.41, 5.74) is 2.16. The molecule has 2 aromatic rings. The van der Waals surface area contributed by atoms with Gasteiger partial charge >= 0.3 is 0 Å². The van der Waals surface area contributed by atoms with Crippen LogP contribution >= 0.6 is 0 Å². The highest BCUT2D eigenvalue weighted by molar-refractivity contribution is 5.98. The van der Waals surface area contributed by atoms with Crippen molar-refractivity contribution in [2.24, 2.45) is 0 Å². The van der Waals surface area contributed by atoms with Crippen LogP contribution in [0.1, 0.15) is 30.4 Å². The minimum atomic E-state index is -0.731. The van der Waals surface area contributed by atoms with E-state index in [4.69, 9.17) is 9.26 Å². The third kappa shape index (κ3) is 3.56. The molecule has 1 aromatic carbocycles. The van der Waals surface area contributed by atoms with Gasteiger partial charge in [0.05, 0.1) is 24.3 Å². The number of carbonyl (C=O) groups is 2. The van der Waals surface area contributed by atoms with Crippen molar-refractivity contribution in [3.05, 3.63) is 41.3 Å². The van der Waals surface area contributed by atoms with Crippen molar-refractivity contribution in [1.29, 1.82) is 0 Å². The lowest BCUT2D eigenvalue weighted by Crippen LogP contribution is -2.51. The number of anilines is 1. The first-order chi connectivity index (χ1) is 12.5. The summed E-state index contributed by atoms with van der Waals surface area (Å²) in [6.07, 6.45) is 0.271. The van der Waals surface area contributed by atoms with Gasteiger partial charge in [0.25, 0.3) is 5.91 Å². The second kappa shape index (κ2) is 7.59. The second-order valence-electron chi connectivity index (χ2n) is 6.35. The molecule has 3 rings (SSSR count). The maximum Gasteiger partial charge on any atom is 0.262 e. The largest absolute Gasteiger partial charge is 0.477 e. The minimum absolute atomic E-state index is 0.122. The predicted octanol–water partition coefficient (Wildman–Crippen LogP) is 2.15. The number of carbonyl (C=O) groups excluding carboxylic acids is 2. The lowest BCUT2D eigenvalue weighted by Gasteiger charge is -2.34. The van der Waals surface area contributed by atoms with Crippen molar-refractivity contribution in [3.8, 4) is 5.75 Å². The van der Waals surface area contributed by atoms with Gasteiger partial charge < -0.3 is 19.5 Å². The molecule has 7 nitrogen and oxygen atoms in total. The van der Waals surface area contributed by atoms with Crippen molar-refractivity contribution in [2.45, 2.75) is 39.7 Å². The quantitative estimate of drug-likeness (QED) is 0.886. The van der Waals surface area contributed by atoms with Gasteiger partial charge in [-0.15, -0.1) is 0 Å². The lowest BCUT2D eigenvalue weighted by atomic mass is 10.1. The Morgan fingerprint density at radius 2 is 2.08 bits per heavy atom. The molecule has 0 aliphatic carbocycles. The van der Waals surface area contributed by atoms with Crippen LogP contribution < -0.4 is 15.0 Å². The number of ether oxygens (including phenoxy) is 1. The van der Waals surface area contributed by atoms with E-state index in [0.29, 0.717) is 29.4 Å². The molecule has 0 radical (unpaired) electrons. The fraction of sp³-hybridized carbons (Fsp3) is 0.421. The van der Waals surface area contributed by atoms with Crippen LogP contribution in [0.5, 0.6) is 5.75 Å². The maximum atomic E-state index is 13.0. The first-order valence-corrected chi connectivity index (χ1v) is 8.76. The van der Waals surface area contributed by atoms with Gasteiger partial charge in [0, 0.05) is 12.1 Å². The Morgan fingerprint density at radius 1 is 1.31 bits per heavy atom. The summed E-state index contributed by atoms with van der Waals surface area (Å²) < 4.78 is 11.0. The van der Waals surface area contributed by atoms with E-state index in [-0.39, 0.29) is 24.8 Å². The summed E-state index contributed by atoms with van der Waals surface area (Å²) in [6.45, 7) is 6.34. The smallest absolute Gasteiger partial charge is 0.262 e. The maximum absolute atomic E-state index is 13.0. The molecule has 1 aromatic heterocycles. The van der Waals surface area contributed by atoms with Crippen LogP contribution in [-0.4, -0.2) is 36.2 Å². The Labute approximate surface area is 152 Å². The first kappa shape index (κ1) is 18.0. The molecule has 0 spiro atoms. The zero-order valence-corrected chi connectivity index (χ0v) is 15.2. The Balaban J connectivity index is 1.84. The number of fused-ring (bicyclic) bond motifs is 1. The molecule has 138 valence electrons. The van der Waals surface area contributed by atoms with Crippen LogP contribution in [0.25, 0.3) is 0 Å². The molecule has 1 N–H and O–H groups in total. The van der Waals surface area contributed by atoms with Crippen LogP contribution in [0, 0.1) is 13.8 Å². The average molecular weight is 357 g/mol. The number of aromatic nitrogens is 1. The second-order valence-corrected chi connectivity index (χ2v) is 6.35. The molecule has 2 heterocycles. The zero-order chi connectivity index (χ0) is 18.7. The Morgan fingerprint density at radius 3 is 2.77 bits per heavy atom. The number of benzene rings is 1. The van der Waals surface area contributed by atoms with E-state index in [1.54, 1.807) is 17.9 Å². The van der Waals surface area contributed by atoms with Gasteiger partial charge in [0.1, 0.15) is 11.5 Å². The van der Waals surface area contributed by atoms with Gasteiger partial charge in [-0.1, -0.05) is 24.2 Å². The highest BCUT2D eigenvalue weighted by atomic mass is 16.5. The predicted molar refractivity (Wildman–Crippen MR) is 96.2 cm³/mol. The third-order valence-corrected chi connectivity index (χ3v) is 4.43. The Kier molecular flexibility index (Phi) is 5.25. The standard InChI is InChI=1S/C19H23N3O4/c1-4-9-20-19(24)17-11-22(15-7-5-6-8-16(15)25-17)18(23)10-14-12(2)21-26-13(14)3/h5-8,17H,4,9-11H2,1-3H3,(H,20,24)/t17-/m0/s1. The highest BCUT2D eigenvalue weighted by Gasteiger charge is 2.34. The number of rotatable bonds is 5. The van der Waals surface area contributed by atoms with Crippen molar-refractivity contribution in [1.82, 2.24) is 10.5 Å². The Hall–Kier alpha value is -2.83.